The summed E-state index contributed by atoms with van der Waals surface area (Å²) in [6.45, 7) is 0.245. The van der Waals surface area contributed by atoms with E-state index in [0.717, 1.165) is 32.1 Å². The lowest BCUT2D eigenvalue weighted by Crippen LogP contribution is -2.36. The van der Waals surface area contributed by atoms with Crippen LogP contribution in [0.2, 0.25) is 0 Å². The molecular weight excluding hydrogens is 200 g/mol. The summed E-state index contributed by atoms with van der Waals surface area (Å²) in [4.78, 5) is 0. The monoisotopic (exact) mass is 216 g/mol. The van der Waals surface area contributed by atoms with Crippen LogP contribution in [0.1, 0.15) is 38.5 Å². The molecular formula is C9H16N2O2S. The first-order chi connectivity index (χ1) is 6.67. The van der Waals surface area contributed by atoms with Gasteiger partial charge >= 0.3 is 0 Å². The molecule has 0 radical (unpaired) electrons. The molecule has 5 heteroatoms. The van der Waals surface area contributed by atoms with Crippen molar-refractivity contribution in [1.82, 2.24) is 4.72 Å². The SMILES string of the molecule is N#CCCNS(=O)(=O)C1CCCCC1. The first-order valence-electron chi connectivity index (χ1n) is 5.02. The van der Waals surface area contributed by atoms with Gasteiger partial charge in [0.2, 0.25) is 10.0 Å². The van der Waals surface area contributed by atoms with E-state index in [9.17, 15) is 8.42 Å². The molecule has 0 aromatic rings. The molecule has 0 saturated heterocycles. The molecule has 0 aliphatic heterocycles. The minimum atomic E-state index is -3.16. The van der Waals surface area contributed by atoms with Crippen LogP contribution in [0, 0.1) is 11.3 Å². The molecule has 0 bridgehead atoms. The summed E-state index contributed by atoms with van der Waals surface area (Å²) >= 11 is 0. The number of nitriles is 1. The second-order valence-corrected chi connectivity index (χ2v) is 5.65. The molecule has 0 aromatic carbocycles. The van der Waals surface area contributed by atoms with Crippen LogP contribution >= 0.6 is 0 Å². The van der Waals surface area contributed by atoms with Crippen molar-refractivity contribution in [1.29, 1.82) is 5.26 Å². The van der Waals surface area contributed by atoms with Gasteiger partial charge in [-0.05, 0) is 12.8 Å². The van der Waals surface area contributed by atoms with Gasteiger partial charge in [-0.25, -0.2) is 13.1 Å². The normalized spacial score (nSPS) is 19.1. The average molecular weight is 216 g/mol. The van der Waals surface area contributed by atoms with Gasteiger partial charge in [-0.2, -0.15) is 5.26 Å². The fourth-order valence-corrected chi connectivity index (χ4v) is 3.32. The van der Waals surface area contributed by atoms with Gasteiger partial charge in [-0.3, -0.25) is 0 Å². The fraction of sp³-hybridized carbons (Fsp3) is 0.889. The Hall–Kier alpha value is -0.600. The molecule has 1 rings (SSSR count). The Bertz CT molecular complexity index is 299. The topological polar surface area (TPSA) is 70.0 Å². The first kappa shape index (κ1) is 11.5. The highest BCUT2D eigenvalue weighted by Gasteiger charge is 2.26. The van der Waals surface area contributed by atoms with Gasteiger partial charge in [0, 0.05) is 13.0 Å². The molecule has 80 valence electrons. The summed E-state index contributed by atoms with van der Waals surface area (Å²) < 4.78 is 25.8. The predicted molar refractivity (Wildman–Crippen MR) is 54.0 cm³/mol. The highest BCUT2D eigenvalue weighted by Crippen LogP contribution is 2.22. The third kappa shape index (κ3) is 3.28. The summed E-state index contributed by atoms with van der Waals surface area (Å²) in [7, 11) is -3.16. The van der Waals surface area contributed by atoms with Crippen molar-refractivity contribution in [2.75, 3.05) is 6.54 Å². The van der Waals surface area contributed by atoms with Crippen LogP contribution in [0.25, 0.3) is 0 Å². The van der Waals surface area contributed by atoms with E-state index < -0.39 is 10.0 Å². The highest BCUT2D eigenvalue weighted by molar-refractivity contribution is 7.90. The molecule has 1 aliphatic rings. The third-order valence-corrected chi connectivity index (χ3v) is 4.49. The lowest BCUT2D eigenvalue weighted by atomic mass is 10.0. The maximum absolute atomic E-state index is 11.6. The van der Waals surface area contributed by atoms with E-state index in [1.54, 1.807) is 0 Å². The van der Waals surface area contributed by atoms with E-state index in [4.69, 9.17) is 5.26 Å². The van der Waals surface area contributed by atoms with Gasteiger partial charge in [0.05, 0.1) is 11.3 Å². The van der Waals surface area contributed by atoms with Crippen molar-refractivity contribution in [3.8, 4) is 6.07 Å². The Labute approximate surface area is 85.4 Å². The lowest BCUT2D eigenvalue weighted by Gasteiger charge is -2.21. The van der Waals surface area contributed by atoms with Crippen LogP contribution in [0.15, 0.2) is 0 Å². The number of hydrogen-bond acceptors (Lipinski definition) is 3. The van der Waals surface area contributed by atoms with Crippen molar-refractivity contribution in [3.05, 3.63) is 0 Å². The summed E-state index contributed by atoms with van der Waals surface area (Å²) in [6.07, 6.45) is 4.92. The van der Waals surface area contributed by atoms with Crippen molar-refractivity contribution in [3.63, 3.8) is 0 Å². The molecule has 1 fully saturated rings. The molecule has 1 aliphatic carbocycles. The van der Waals surface area contributed by atoms with Crippen LogP contribution in [-0.4, -0.2) is 20.2 Å². The van der Waals surface area contributed by atoms with Gasteiger partial charge in [0.25, 0.3) is 0 Å². The number of sulfonamides is 1. The summed E-state index contributed by atoms with van der Waals surface area (Å²) in [6, 6.07) is 1.92. The van der Waals surface area contributed by atoms with Crippen LogP contribution in [0.4, 0.5) is 0 Å². The highest BCUT2D eigenvalue weighted by atomic mass is 32.2. The quantitative estimate of drug-likeness (QED) is 0.717. The Morgan fingerprint density at radius 2 is 1.93 bits per heavy atom. The average Bonchev–Trinajstić information content (AvgIpc) is 2.19. The Morgan fingerprint density at radius 3 is 2.50 bits per heavy atom. The zero-order valence-electron chi connectivity index (χ0n) is 8.20. The standard InChI is InChI=1S/C9H16N2O2S/c10-7-4-8-11-14(12,13)9-5-2-1-3-6-9/h9,11H,1-6,8H2. The van der Waals surface area contributed by atoms with Crippen molar-refractivity contribution in [2.45, 2.75) is 43.8 Å². The summed E-state index contributed by atoms with van der Waals surface area (Å²) in [5.74, 6) is 0. The molecule has 0 spiro atoms. The Kier molecular flexibility index (Phi) is 4.36. The molecule has 4 nitrogen and oxygen atoms in total. The first-order valence-corrected chi connectivity index (χ1v) is 6.57. The summed E-state index contributed by atoms with van der Waals surface area (Å²) in [5, 5.41) is 8.06. The number of nitrogens with one attached hydrogen (secondary N) is 1. The summed E-state index contributed by atoms with van der Waals surface area (Å²) in [5.41, 5.74) is 0. The van der Waals surface area contributed by atoms with Crippen LogP contribution in [0.5, 0.6) is 0 Å². The molecule has 0 atom stereocenters. The van der Waals surface area contributed by atoms with Crippen LogP contribution < -0.4 is 4.72 Å². The van der Waals surface area contributed by atoms with Crippen LogP contribution in [-0.2, 0) is 10.0 Å². The number of rotatable bonds is 4. The molecule has 0 heterocycles. The van der Waals surface area contributed by atoms with E-state index >= 15 is 0 Å². The van der Waals surface area contributed by atoms with Crippen LogP contribution in [0.3, 0.4) is 0 Å². The predicted octanol–water partition coefficient (Wildman–Crippen LogP) is 1.15. The maximum Gasteiger partial charge on any atom is 0.214 e. The van der Waals surface area contributed by atoms with Gasteiger partial charge < -0.3 is 0 Å². The minimum Gasteiger partial charge on any atom is -0.214 e. The number of nitrogens with zero attached hydrogens (tertiary/aromatic N) is 1. The van der Waals surface area contributed by atoms with E-state index in [-0.39, 0.29) is 18.2 Å². The van der Waals surface area contributed by atoms with Gasteiger partial charge in [-0.1, -0.05) is 19.3 Å². The van der Waals surface area contributed by atoms with Crippen molar-refractivity contribution in [2.24, 2.45) is 0 Å². The van der Waals surface area contributed by atoms with Gasteiger partial charge in [0.1, 0.15) is 0 Å². The van der Waals surface area contributed by atoms with E-state index in [1.165, 1.54) is 0 Å². The molecule has 0 unspecified atom stereocenters. The molecule has 0 aromatic heterocycles. The Morgan fingerprint density at radius 1 is 1.29 bits per heavy atom. The van der Waals surface area contributed by atoms with Gasteiger partial charge in [0.15, 0.2) is 0 Å². The lowest BCUT2D eigenvalue weighted by molar-refractivity contribution is 0.478. The maximum atomic E-state index is 11.6. The van der Waals surface area contributed by atoms with Crippen molar-refractivity contribution < 1.29 is 8.42 Å². The second-order valence-electron chi connectivity index (χ2n) is 3.61. The second kappa shape index (κ2) is 5.32. The number of hydrogen-bond donors (Lipinski definition) is 1. The minimum absolute atomic E-state index is 0.227. The molecule has 0 amide bonds. The molecule has 1 saturated carbocycles. The zero-order valence-corrected chi connectivity index (χ0v) is 9.02. The third-order valence-electron chi connectivity index (χ3n) is 2.53. The smallest absolute Gasteiger partial charge is 0.214 e. The van der Waals surface area contributed by atoms with Gasteiger partial charge in [-0.15, -0.1) is 0 Å². The van der Waals surface area contributed by atoms with E-state index in [2.05, 4.69) is 4.72 Å². The zero-order chi connectivity index (χ0) is 10.4. The van der Waals surface area contributed by atoms with E-state index in [0.29, 0.717) is 0 Å². The van der Waals surface area contributed by atoms with E-state index in [1.807, 2.05) is 6.07 Å². The Balaban J connectivity index is 2.43. The van der Waals surface area contributed by atoms with Crippen molar-refractivity contribution >= 4 is 10.0 Å². The molecule has 1 N–H and O–H groups in total. The molecule has 14 heavy (non-hydrogen) atoms. The fourth-order valence-electron chi connectivity index (χ4n) is 1.74. The largest absolute Gasteiger partial charge is 0.214 e.